The van der Waals surface area contributed by atoms with Gasteiger partial charge in [0.2, 0.25) is 0 Å². The van der Waals surface area contributed by atoms with Crippen molar-refractivity contribution in [1.82, 2.24) is 4.90 Å². The standard InChI is InChI=1S/C12H25N/c1-3-9-13(10-4-2)11-8-12-6-5-7-12/h12H,3-11H2,1-2H3. The number of hydrogen-bond acceptors (Lipinski definition) is 1. The topological polar surface area (TPSA) is 3.24 Å². The Kier molecular flexibility index (Phi) is 5.45. The monoisotopic (exact) mass is 183 g/mol. The molecular formula is C12H25N. The Bertz CT molecular complexity index is 112. The minimum atomic E-state index is 1.08. The van der Waals surface area contributed by atoms with Crippen molar-refractivity contribution in [2.45, 2.75) is 52.4 Å². The summed E-state index contributed by atoms with van der Waals surface area (Å²) in [7, 11) is 0. The van der Waals surface area contributed by atoms with Gasteiger partial charge in [0.05, 0.1) is 0 Å². The molecule has 0 aromatic carbocycles. The lowest BCUT2D eigenvalue weighted by atomic mass is 9.83. The van der Waals surface area contributed by atoms with Gasteiger partial charge in [-0.05, 0) is 44.8 Å². The summed E-state index contributed by atoms with van der Waals surface area (Å²) < 4.78 is 0. The van der Waals surface area contributed by atoms with Gasteiger partial charge in [0.25, 0.3) is 0 Å². The van der Waals surface area contributed by atoms with E-state index in [-0.39, 0.29) is 0 Å². The molecule has 0 unspecified atom stereocenters. The first-order chi connectivity index (χ1) is 6.36. The Hall–Kier alpha value is -0.0400. The second-order valence-corrected chi connectivity index (χ2v) is 4.43. The van der Waals surface area contributed by atoms with Crippen molar-refractivity contribution in [2.24, 2.45) is 5.92 Å². The van der Waals surface area contributed by atoms with Crippen LogP contribution in [0.2, 0.25) is 0 Å². The van der Waals surface area contributed by atoms with Crippen LogP contribution >= 0.6 is 0 Å². The highest BCUT2D eigenvalue weighted by Gasteiger charge is 2.17. The van der Waals surface area contributed by atoms with Gasteiger partial charge in [-0.15, -0.1) is 0 Å². The Labute approximate surface area is 83.5 Å². The summed E-state index contributed by atoms with van der Waals surface area (Å²) in [6.07, 6.45) is 8.58. The molecule has 1 rings (SSSR count). The minimum absolute atomic E-state index is 1.08. The highest BCUT2D eigenvalue weighted by molar-refractivity contribution is 4.71. The van der Waals surface area contributed by atoms with Crippen molar-refractivity contribution < 1.29 is 0 Å². The van der Waals surface area contributed by atoms with Crippen LogP contribution in [-0.2, 0) is 0 Å². The lowest BCUT2D eigenvalue weighted by Crippen LogP contribution is -2.29. The third-order valence-corrected chi connectivity index (χ3v) is 3.16. The van der Waals surface area contributed by atoms with Gasteiger partial charge >= 0.3 is 0 Å². The Balaban J connectivity index is 2.05. The molecule has 0 N–H and O–H groups in total. The molecule has 0 amide bonds. The van der Waals surface area contributed by atoms with E-state index in [1.165, 1.54) is 58.2 Å². The maximum Gasteiger partial charge on any atom is -0.00161 e. The van der Waals surface area contributed by atoms with E-state index in [0.29, 0.717) is 0 Å². The lowest BCUT2D eigenvalue weighted by molar-refractivity contribution is 0.213. The summed E-state index contributed by atoms with van der Waals surface area (Å²) in [6.45, 7) is 8.53. The molecule has 0 heterocycles. The van der Waals surface area contributed by atoms with Gasteiger partial charge in [0.15, 0.2) is 0 Å². The third-order valence-electron chi connectivity index (χ3n) is 3.16. The van der Waals surface area contributed by atoms with E-state index in [1.807, 2.05) is 0 Å². The zero-order valence-electron chi connectivity index (χ0n) is 9.39. The van der Waals surface area contributed by atoms with Crippen LogP contribution in [0.4, 0.5) is 0 Å². The molecule has 0 atom stereocenters. The summed E-state index contributed by atoms with van der Waals surface area (Å²) >= 11 is 0. The van der Waals surface area contributed by atoms with E-state index < -0.39 is 0 Å². The number of rotatable bonds is 7. The number of nitrogens with zero attached hydrogens (tertiary/aromatic N) is 1. The highest BCUT2D eigenvalue weighted by Crippen LogP contribution is 2.29. The van der Waals surface area contributed by atoms with Crippen molar-refractivity contribution in [3.05, 3.63) is 0 Å². The molecule has 0 aromatic rings. The summed E-state index contributed by atoms with van der Waals surface area (Å²) in [4.78, 5) is 2.64. The van der Waals surface area contributed by atoms with E-state index in [9.17, 15) is 0 Å². The second-order valence-electron chi connectivity index (χ2n) is 4.43. The maximum absolute atomic E-state index is 2.64. The molecule has 0 bridgehead atoms. The van der Waals surface area contributed by atoms with E-state index in [1.54, 1.807) is 0 Å². The second kappa shape index (κ2) is 6.42. The van der Waals surface area contributed by atoms with Crippen molar-refractivity contribution in [2.75, 3.05) is 19.6 Å². The van der Waals surface area contributed by atoms with Crippen LogP contribution in [0.25, 0.3) is 0 Å². The Morgan fingerprint density at radius 1 is 1.00 bits per heavy atom. The minimum Gasteiger partial charge on any atom is -0.303 e. The first-order valence-corrected chi connectivity index (χ1v) is 6.09. The van der Waals surface area contributed by atoms with Crippen molar-refractivity contribution in [3.8, 4) is 0 Å². The highest BCUT2D eigenvalue weighted by atomic mass is 15.1. The van der Waals surface area contributed by atoms with Crippen LogP contribution in [0.5, 0.6) is 0 Å². The van der Waals surface area contributed by atoms with Crippen LogP contribution < -0.4 is 0 Å². The molecule has 1 saturated carbocycles. The molecule has 0 saturated heterocycles. The molecule has 13 heavy (non-hydrogen) atoms. The molecule has 0 radical (unpaired) electrons. The third kappa shape index (κ3) is 4.12. The van der Waals surface area contributed by atoms with Crippen LogP contribution in [0, 0.1) is 5.92 Å². The van der Waals surface area contributed by atoms with Crippen molar-refractivity contribution in [3.63, 3.8) is 0 Å². The molecule has 1 nitrogen and oxygen atoms in total. The van der Waals surface area contributed by atoms with E-state index in [0.717, 1.165) is 5.92 Å². The summed E-state index contributed by atoms with van der Waals surface area (Å²) in [5.74, 6) is 1.08. The molecule has 1 aliphatic carbocycles. The normalized spacial score (nSPS) is 17.8. The smallest absolute Gasteiger partial charge is 0.00161 e. The molecule has 1 fully saturated rings. The lowest BCUT2D eigenvalue weighted by Gasteiger charge is -2.29. The molecule has 0 aromatic heterocycles. The Morgan fingerprint density at radius 3 is 2.00 bits per heavy atom. The van der Waals surface area contributed by atoms with Gasteiger partial charge in [-0.2, -0.15) is 0 Å². The zero-order chi connectivity index (χ0) is 9.52. The average molecular weight is 183 g/mol. The van der Waals surface area contributed by atoms with Crippen LogP contribution in [-0.4, -0.2) is 24.5 Å². The van der Waals surface area contributed by atoms with Gasteiger partial charge in [-0.25, -0.2) is 0 Å². The van der Waals surface area contributed by atoms with Gasteiger partial charge in [0.1, 0.15) is 0 Å². The fraction of sp³-hybridized carbons (Fsp3) is 1.00. The van der Waals surface area contributed by atoms with Gasteiger partial charge in [0, 0.05) is 0 Å². The Morgan fingerprint density at radius 2 is 1.62 bits per heavy atom. The predicted molar refractivity (Wildman–Crippen MR) is 59.0 cm³/mol. The van der Waals surface area contributed by atoms with E-state index >= 15 is 0 Å². The fourth-order valence-electron chi connectivity index (χ4n) is 2.11. The molecule has 1 aliphatic rings. The molecule has 0 spiro atoms. The van der Waals surface area contributed by atoms with Crippen LogP contribution in [0.1, 0.15) is 52.4 Å². The summed E-state index contributed by atoms with van der Waals surface area (Å²) in [5, 5.41) is 0. The maximum atomic E-state index is 2.64. The summed E-state index contributed by atoms with van der Waals surface area (Å²) in [6, 6.07) is 0. The zero-order valence-corrected chi connectivity index (χ0v) is 9.39. The fourth-order valence-corrected chi connectivity index (χ4v) is 2.11. The molecule has 1 heteroatoms. The SMILES string of the molecule is CCCN(CCC)CCC1CCC1. The first-order valence-electron chi connectivity index (χ1n) is 6.09. The van der Waals surface area contributed by atoms with Gasteiger partial charge in [-0.1, -0.05) is 33.1 Å². The van der Waals surface area contributed by atoms with E-state index in [2.05, 4.69) is 18.7 Å². The van der Waals surface area contributed by atoms with E-state index in [4.69, 9.17) is 0 Å². The van der Waals surface area contributed by atoms with Crippen LogP contribution in [0.3, 0.4) is 0 Å². The number of hydrogen-bond donors (Lipinski definition) is 0. The van der Waals surface area contributed by atoms with Crippen LogP contribution in [0.15, 0.2) is 0 Å². The quantitative estimate of drug-likeness (QED) is 0.585. The van der Waals surface area contributed by atoms with Gasteiger partial charge < -0.3 is 4.90 Å². The molecular weight excluding hydrogens is 158 g/mol. The average Bonchev–Trinajstić information content (AvgIpc) is 2.02. The molecule has 0 aliphatic heterocycles. The van der Waals surface area contributed by atoms with Crippen molar-refractivity contribution >= 4 is 0 Å². The van der Waals surface area contributed by atoms with Gasteiger partial charge in [-0.3, -0.25) is 0 Å². The summed E-state index contributed by atoms with van der Waals surface area (Å²) in [5.41, 5.74) is 0. The van der Waals surface area contributed by atoms with Crippen molar-refractivity contribution in [1.29, 1.82) is 0 Å². The predicted octanol–water partition coefficient (Wildman–Crippen LogP) is 3.30. The molecule has 78 valence electrons. The first kappa shape index (κ1) is 11.0. The largest absolute Gasteiger partial charge is 0.303 e.